The van der Waals surface area contributed by atoms with Gasteiger partial charge in [-0.2, -0.15) is 8.42 Å². The number of hydrogen-bond acceptors (Lipinski definition) is 4. The predicted molar refractivity (Wildman–Crippen MR) is 67.1 cm³/mol. The Hall–Kier alpha value is -2.23. The fourth-order valence-corrected chi connectivity index (χ4v) is 2.71. The molecule has 1 heterocycles. The molecule has 2 rings (SSSR count). The number of halogens is 3. The summed E-state index contributed by atoms with van der Waals surface area (Å²) >= 11 is 0. The van der Waals surface area contributed by atoms with E-state index in [9.17, 15) is 21.6 Å². The van der Waals surface area contributed by atoms with Gasteiger partial charge in [0.1, 0.15) is 5.75 Å². The SMILES string of the molecule is Cn1ccnc1S(=O)(=O)Nc1ccc(OC(F)(F)F)cc1. The first kappa shape index (κ1) is 15.2. The molecule has 0 unspecified atom stereocenters. The van der Waals surface area contributed by atoms with E-state index in [1.54, 1.807) is 0 Å². The molecule has 114 valence electrons. The second-order valence-electron chi connectivity index (χ2n) is 4.00. The van der Waals surface area contributed by atoms with Gasteiger partial charge in [0.2, 0.25) is 5.16 Å². The number of aryl methyl sites for hydroxylation is 1. The van der Waals surface area contributed by atoms with E-state index in [0.717, 1.165) is 24.3 Å². The second-order valence-corrected chi connectivity index (χ2v) is 5.57. The molecule has 0 atom stereocenters. The summed E-state index contributed by atoms with van der Waals surface area (Å²) in [5.74, 6) is -0.442. The van der Waals surface area contributed by atoms with Crippen molar-refractivity contribution in [2.45, 2.75) is 11.5 Å². The Balaban J connectivity index is 2.16. The van der Waals surface area contributed by atoms with Crippen LogP contribution in [0.3, 0.4) is 0 Å². The zero-order valence-corrected chi connectivity index (χ0v) is 11.4. The van der Waals surface area contributed by atoms with Crippen LogP contribution >= 0.6 is 0 Å². The van der Waals surface area contributed by atoms with Crippen LogP contribution in [-0.2, 0) is 17.1 Å². The maximum absolute atomic E-state index is 12.0. The summed E-state index contributed by atoms with van der Waals surface area (Å²) in [6, 6.07) is 4.32. The standard InChI is InChI=1S/C11H10F3N3O3S/c1-17-7-6-15-10(17)21(18,19)16-8-2-4-9(5-3-8)20-11(12,13)14/h2-7,16H,1H3. The van der Waals surface area contributed by atoms with Crippen molar-refractivity contribution in [1.29, 1.82) is 0 Å². The Morgan fingerprint density at radius 1 is 1.24 bits per heavy atom. The Morgan fingerprint density at radius 2 is 1.86 bits per heavy atom. The Bertz CT molecular complexity index is 723. The third kappa shape index (κ3) is 3.88. The molecule has 6 nitrogen and oxygen atoms in total. The van der Waals surface area contributed by atoms with Gasteiger partial charge in [-0.3, -0.25) is 4.72 Å². The molecule has 0 spiro atoms. The summed E-state index contributed by atoms with van der Waals surface area (Å²) in [6.07, 6.45) is -2.03. The van der Waals surface area contributed by atoms with Gasteiger partial charge in [-0.25, -0.2) is 4.98 Å². The van der Waals surface area contributed by atoms with Crippen LogP contribution in [-0.4, -0.2) is 24.3 Å². The van der Waals surface area contributed by atoms with Gasteiger partial charge in [0.05, 0.1) is 0 Å². The molecule has 0 radical (unpaired) electrons. The molecule has 0 amide bonds. The number of rotatable bonds is 4. The number of anilines is 1. The van der Waals surface area contributed by atoms with Gasteiger partial charge in [0, 0.05) is 25.1 Å². The van der Waals surface area contributed by atoms with Crippen LogP contribution in [0.1, 0.15) is 0 Å². The number of benzene rings is 1. The fraction of sp³-hybridized carbons (Fsp3) is 0.182. The number of imidazole rings is 1. The molecule has 0 bridgehead atoms. The molecule has 1 N–H and O–H groups in total. The van der Waals surface area contributed by atoms with E-state index in [4.69, 9.17) is 0 Å². The van der Waals surface area contributed by atoms with Gasteiger partial charge >= 0.3 is 6.36 Å². The van der Waals surface area contributed by atoms with E-state index >= 15 is 0 Å². The monoisotopic (exact) mass is 321 g/mol. The second kappa shape index (κ2) is 5.28. The molecule has 0 saturated heterocycles. The van der Waals surface area contributed by atoms with Crippen molar-refractivity contribution in [3.63, 3.8) is 0 Å². The quantitative estimate of drug-likeness (QED) is 0.936. The third-order valence-corrected chi connectivity index (χ3v) is 3.74. The van der Waals surface area contributed by atoms with Gasteiger partial charge < -0.3 is 9.30 Å². The molecule has 0 fully saturated rings. The van der Waals surface area contributed by atoms with Crippen molar-refractivity contribution in [2.75, 3.05) is 4.72 Å². The first-order valence-corrected chi connectivity index (χ1v) is 7.02. The van der Waals surface area contributed by atoms with Crippen LogP contribution in [0.25, 0.3) is 0 Å². The Morgan fingerprint density at radius 3 is 2.33 bits per heavy atom. The number of nitrogens with one attached hydrogen (secondary N) is 1. The van der Waals surface area contributed by atoms with E-state index in [1.807, 2.05) is 0 Å². The highest BCUT2D eigenvalue weighted by atomic mass is 32.2. The zero-order chi connectivity index (χ0) is 15.7. The minimum Gasteiger partial charge on any atom is -0.406 e. The smallest absolute Gasteiger partial charge is 0.406 e. The molecule has 10 heteroatoms. The summed E-state index contributed by atoms with van der Waals surface area (Å²) in [7, 11) is -2.41. The van der Waals surface area contributed by atoms with Crippen molar-refractivity contribution >= 4 is 15.7 Å². The first-order chi connectivity index (χ1) is 9.67. The van der Waals surface area contributed by atoms with Crippen molar-refractivity contribution in [1.82, 2.24) is 9.55 Å². The normalized spacial score (nSPS) is 12.2. The van der Waals surface area contributed by atoms with Crippen LogP contribution in [0.4, 0.5) is 18.9 Å². The maximum atomic E-state index is 12.0. The van der Waals surface area contributed by atoms with E-state index in [0.29, 0.717) is 0 Å². The Kier molecular flexibility index (Phi) is 3.81. The molecule has 2 aromatic rings. The van der Waals surface area contributed by atoms with Gasteiger partial charge in [0.25, 0.3) is 10.0 Å². The van der Waals surface area contributed by atoms with Gasteiger partial charge in [0.15, 0.2) is 0 Å². The summed E-state index contributed by atoms with van der Waals surface area (Å²) in [4.78, 5) is 3.69. The van der Waals surface area contributed by atoms with E-state index < -0.39 is 22.1 Å². The average Bonchev–Trinajstić information content (AvgIpc) is 2.77. The molecule has 21 heavy (non-hydrogen) atoms. The van der Waals surface area contributed by atoms with Crippen molar-refractivity contribution in [3.8, 4) is 5.75 Å². The number of aromatic nitrogens is 2. The van der Waals surface area contributed by atoms with E-state index in [-0.39, 0.29) is 10.8 Å². The van der Waals surface area contributed by atoms with Gasteiger partial charge in [-0.1, -0.05) is 0 Å². The largest absolute Gasteiger partial charge is 0.573 e. The van der Waals surface area contributed by atoms with Crippen LogP contribution in [0.5, 0.6) is 5.75 Å². The Labute approximate surface area is 118 Å². The first-order valence-electron chi connectivity index (χ1n) is 5.53. The molecule has 0 aliphatic carbocycles. The molecular weight excluding hydrogens is 311 g/mol. The zero-order valence-electron chi connectivity index (χ0n) is 10.6. The highest BCUT2D eigenvalue weighted by Gasteiger charge is 2.31. The average molecular weight is 321 g/mol. The van der Waals surface area contributed by atoms with Crippen LogP contribution in [0.15, 0.2) is 41.8 Å². The fourth-order valence-electron chi connectivity index (χ4n) is 1.54. The number of ether oxygens (including phenoxy) is 1. The van der Waals surface area contributed by atoms with E-state index in [2.05, 4.69) is 14.4 Å². The minimum atomic E-state index is -4.80. The van der Waals surface area contributed by atoms with Crippen molar-refractivity contribution in [2.24, 2.45) is 7.05 Å². The highest BCUT2D eigenvalue weighted by Crippen LogP contribution is 2.24. The third-order valence-electron chi connectivity index (χ3n) is 2.36. The van der Waals surface area contributed by atoms with Gasteiger partial charge in [-0.05, 0) is 24.3 Å². The lowest BCUT2D eigenvalue weighted by molar-refractivity contribution is -0.274. The van der Waals surface area contributed by atoms with Crippen LogP contribution in [0, 0.1) is 0 Å². The van der Waals surface area contributed by atoms with Crippen molar-refractivity contribution in [3.05, 3.63) is 36.7 Å². The summed E-state index contributed by atoms with van der Waals surface area (Å²) in [5, 5.41) is -0.210. The van der Waals surface area contributed by atoms with Crippen LogP contribution in [0.2, 0.25) is 0 Å². The molecule has 0 aliphatic rings. The lowest BCUT2D eigenvalue weighted by Gasteiger charge is -2.10. The number of alkyl halides is 3. The van der Waals surface area contributed by atoms with E-state index in [1.165, 1.54) is 24.0 Å². The topological polar surface area (TPSA) is 73.2 Å². The highest BCUT2D eigenvalue weighted by molar-refractivity contribution is 7.92. The summed E-state index contributed by atoms with van der Waals surface area (Å²) in [5.41, 5.74) is 0.0903. The summed E-state index contributed by atoms with van der Waals surface area (Å²) in [6.45, 7) is 0. The maximum Gasteiger partial charge on any atom is 0.573 e. The molecule has 1 aromatic heterocycles. The van der Waals surface area contributed by atoms with Crippen molar-refractivity contribution < 1.29 is 26.3 Å². The minimum absolute atomic E-state index is 0.0903. The number of nitrogens with zero attached hydrogens (tertiary/aromatic N) is 2. The predicted octanol–water partition coefficient (Wildman–Crippen LogP) is 2.12. The molecule has 0 saturated carbocycles. The number of hydrogen-bond donors (Lipinski definition) is 1. The summed E-state index contributed by atoms with van der Waals surface area (Å²) < 4.78 is 67.2. The lowest BCUT2D eigenvalue weighted by Crippen LogP contribution is -2.18. The molecular formula is C11H10F3N3O3S. The van der Waals surface area contributed by atoms with Gasteiger partial charge in [-0.15, -0.1) is 13.2 Å². The lowest BCUT2D eigenvalue weighted by atomic mass is 10.3. The molecule has 1 aromatic carbocycles. The molecule has 0 aliphatic heterocycles. The van der Waals surface area contributed by atoms with Crippen LogP contribution < -0.4 is 9.46 Å². The number of sulfonamides is 1.